The maximum atomic E-state index is 12.5. The number of amides is 3. The number of carbonyl (C=O) groups is 2. The summed E-state index contributed by atoms with van der Waals surface area (Å²) in [5.74, 6) is -0.217. The van der Waals surface area contributed by atoms with Crippen LogP contribution in [0.4, 0.5) is 21.9 Å². The Labute approximate surface area is 158 Å². The van der Waals surface area contributed by atoms with Crippen molar-refractivity contribution in [1.82, 2.24) is 4.90 Å². The zero-order chi connectivity index (χ0) is 19.1. The van der Waals surface area contributed by atoms with Gasteiger partial charge in [-0.05, 0) is 36.4 Å². The first-order valence-corrected chi connectivity index (χ1v) is 8.90. The Bertz CT molecular complexity index is 757. The van der Waals surface area contributed by atoms with Crippen LogP contribution in [-0.4, -0.2) is 56.7 Å². The Morgan fingerprint density at radius 2 is 1.48 bits per heavy atom. The van der Waals surface area contributed by atoms with Crippen molar-refractivity contribution in [3.63, 3.8) is 0 Å². The second kappa shape index (κ2) is 9.05. The minimum atomic E-state index is -0.217. The molecule has 1 saturated heterocycles. The van der Waals surface area contributed by atoms with Gasteiger partial charge >= 0.3 is 6.03 Å². The SMILES string of the molecule is COCC(=O)Nc1ccc(NC(=O)N2CCN(c3ccccc3)CC2)cc1. The topological polar surface area (TPSA) is 73.9 Å². The summed E-state index contributed by atoms with van der Waals surface area (Å²) < 4.78 is 4.78. The monoisotopic (exact) mass is 368 g/mol. The molecule has 3 amide bonds. The Morgan fingerprint density at radius 1 is 0.889 bits per heavy atom. The molecule has 2 N–H and O–H groups in total. The molecule has 0 bridgehead atoms. The minimum Gasteiger partial charge on any atom is -0.375 e. The van der Waals surface area contributed by atoms with Gasteiger partial charge in [-0.2, -0.15) is 0 Å². The summed E-state index contributed by atoms with van der Waals surface area (Å²) in [6.45, 7) is 2.97. The maximum absolute atomic E-state index is 12.5. The predicted octanol–water partition coefficient (Wildman–Crippen LogP) is 2.63. The zero-order valence-electron chi connectivity index (χ0n) is 15.4. The van der Waals surface area contributed by atoms with E-state index in [1.54, 1.807) is 24.3 Å². The van der Waals surface area contributed by atoms with Gasteiger partial charge in [-0.1, -0.05) is 18.2 Å². The number of ether oxygens (including phenoxy) is 1. The van der Waals surface area contributed by atoms with E-state index in [4.69, 9.17) is 4.74 Å². The van der Waals surface area contributed by atoms with Crippen LogP contribution in [0, 0.1) is 0 Å². The van der Waals surface area contributed by atoms with E-state index in [1.807, 2.05) is 23.1 Å². The number of anilines is 3. The summed E-state index contributed by atoms with van der Waals surface area (Å²) >= 11 is 0. The predicted molar refractivity (Wildman–Crippen MR) is 106 cm³/mol. The van der Waals surface area contributed by atoms with Gasteiger partial charge < -0.3 is 25.2 Å². The molecule has 0 atom stereocenters. The second-order valence-electron chi connectivity index (χ2n) is 6.30. The number of methoxy groups -OCH3 is 1. The Kier molecular flexibility index (Phi) is 6.27. The van der Waals surface area contributed by atoms with Gasteiger partial charge in [0.25, 0.3) is 0 Å². The molecule has 0 saturated carbocycles. The molecule has 0 aliphatic carbocycles. The molecule has 0 spiro atoms. The van der Waals surface area contributed by atoms with Crippen LogP contribution in [-0.2, 0) is 9.53 Å². The molecule has 3 rings (SSSR count). The Morgan fingerprint density at radius 3 is 2.07 bits per heavy atom. The lowest BCUT2D eigenvalue weighted by molar-refractivity contribution is -0.119. The van der Waals surface area contributed by atoms with Crippen molar-refractivity contribution >= 4 is 29.0 Å². The summed E-state index contributed by atoms with van der Waals surface area (Å²) in [7, 11) is 1.47. The number of hydrogen-bond acceptors (Lipinski definition) is 4. The van der Waals surface area contributed by atoms with Gasteiger partial charge in [-0.3, -0.25) is 4.79 Å². The number of piperazine rings is 1. The highest BCUT2D eigenvalue weighted by Crippen LogP contribution is 2.17. The van der Waals surface area contributed by atoms with E-state index in [2.05, 4.69) is 27.7 Å². The first-order chi connectivity index (χ1) is 13.2. The largest absolute Gasteiger partial charge is 0.375 e. The van der Waals surface area contributed by atoms with Crippen LogP contribution in [0.3, 0.4) is 0 Å². The number of hydrogen-bond donors (Lipinski definition) is 2. The van der Waals surface area contributed by atoms with Crippen LogP contribution in [0.5, 0.6) is 0 Å². The van der Waals surface area contributed by atoms with Crippen LogP contribution in [0.15, 0.2) is 54.6 Å². The maximum Gasteiger partial charge on any atom is 0.321 e. The Hall–Kier alpha value is -3.06. The van der Waals surface area contributed by atoms with E-state index in [9.17, 15) is 9.59 Å². The average molecular weight is 368 g/mol. The molecule has 0 unspecified atom stereocenters. The van der Waals surface area contributed by atoms with Crippen LogP contribution in [0.1, 0.15) is 0 Å². The van der Waals surface area contributed by atoms with Crippen LogP contribution >= 0.6 is 0 Å². The highest BCUT2D eigenvalue weighted by Gasteiger charge is 2.21. The van der Waals surface area contributed by atoms with Crippen molar-refractivity contribution in [2.24, 2.45) is 0 Å². The molecule has 1 aliphatic heterocycles. The smallest absolute Gasteiger partial charge is 0.321 e. The van der Waals surface area contributed by atoms with Crippen molar-refractivity contribution in [2.75, 3.05) is 55.4 Å². The number of benzene rings is 2. The number of nitrogens with one attached hydrogen (secondary N) is 2. The molecule has 0 aromatic heterocycles. The van der Waals surface area contributed by atoms with Crippen molar-refractivity contribution in [2.45, 2.75) is 0 Å². The van der Waals surface area contributed by atoms with E-state index < -0.39 is 0 Å². The highest BCUT2D eigenvalue weighted by molar-refractivity contribution is 5.93. The second-order valence-corrected chi connectivity index (χ2v) is 6.30. The van der Waals surface area contributed by atoms with Crippen LogP contribution in [0.2, 0.25) is 0 Å². The summed E-state index contributed by atoms with van der Waals surface area (Å²) in [4.78, 5) is 28.1. The van der Waals surface area contributed by atoms with Crippen molar-refractivity contribution in [1.29, 1.82) is 0 Å². The molecule has 27 heavy (non-hydrogen) atoms. The number of carbonyl (C=O) groups excluding carboxylic acids is 2. The standard InChI is InChI=1S/C20H24N4O3/c1-27-15-19(25)21-16-7-9-17(10-8-16)22-20(26)24-13-11-23(12-14-24)18-5-3-2-4-6-18/h2-10H,11-15H2,1H3,(H,21,25)(H,22,26). The third-order valence-electron chi connectivity index (χ3n) is 4.38. The molecule has 1 heterocycles. The van der Waals surface area contributed by atoms with Crippen LogP contribution < -0.4 is 15.5 Å². The van der Waals surface area contributed by atoms with E-state index in [-0.39, 0.29) is 18.5 Å². The summed E-state index contributed by atoms with van der Waals surface area (Å²) in [5, 5.41) is 5.62. The fourth-order valence-corrected chi connectivity index (χ4v) is 2.97. The molecule has 2 aromatic rings. The number of urea groups is 1. The lowest BCUT2D eigenvalue weighted by Crippen LogP contribution is -2.50. The third-order valence-corrected chi connectivity index (χ3v) is 4.38. The van der Waals surface area contributed by atoms with Crippen molar-refractivity contribution < 1.29 is 14.3 Å². The first-order valence-electron chi connectivity index (χ1n) is 8.90. The first kappa shape index (κ1) is 18.7. The fourth-order valence-electron chi connectivity index (χ4n) is 2.97. The third kappa shape index (κ3) is 5.21. The van der Waals surface area contributed by atoms with Gasteiger partial charge in [0.2, 0.25) is 5.91 Å². The summed E-state index contributed by atoms with van der Waals surface area (Å²) in [6.07, 6.45) is 0. The molecule has 1 fully saturated rings. The molecule has 1 aliphatic rings. The van der Waals surface area contributed by atoms with E-state index in [0.717, 1.165) is 13.1 Å². The Balaban J connectivity index is 1.49. The van der Waals surface area contributed by atoms with Crippen LogP contribution in [0.25, 0.3) is 0 Å². The van der Waals surface area contributed by atoms with Gasteiger partial charge in [-0.25, -0.2) is 4.79 Å². The van der Waals surface area contributed by atoms with E-state index in [1.165, 1.54) is 12.8 Å². The van der Waals surface area contributed by atoms with Gasteiger partial charge in [0.05, 0.1) is 0 Å². The summed E-state index contributed by atoms with van der Waals surface area (Å²) in [6, 6.07) is 17.1. The molecule has 2 aromatic carbocycles. The molecular weight excluding hydrogens is 344 g/mol. The molecule has 0 radical (unpaired) electrons. The van der Waals surface area contributed by atoms with Gasteiger partial charge in [-0.15, -0.1) is 0 Å². The highest BCUT2D eigenvalue weighted by atomic mass is 16.5. The lowest BCUT2D eigenvalue weighted by Gasteiger charge is -2.36. The molecule has 142 valence electrons. The fraction of sp³-hybridized carbons (Fsp3) is 0.300. The lowest BCUT2D eigenvalue weighted by atomic mass is 10.2. The van der Waals surface area contributed by atoms with E-state index in [0.29, 0.717) is 24.5 Å². The van der Waals surface area contributed by atoms with Crippen molar-refractivity contribution in [3.8, 4) is 0 Å². The molecule has 7 nitrogen and oxygen atoms in total. The quantitative estimate of drug-likeness (QED) is 0.851. The normalized spacial score (nSPS) is 14.0. The van der Waals surface area contributed by atoms with Crippen molar-refractivity contribution in [3.05, 3.63) is 54.6 Å². The molecule has 7 heteroatoms. The van der Waals surface area contributed by atoms with E-state index >= 15 is 0 Å². The molecular formula is C20H24N4O3. The van der Waals surface area contributed by atoms with Gasteiger partial charge in [0.1, 0.15) is 6.61 Å². The summed E-state index contributed by atoms with van der Waals surface area (Å²) in [5.41, 5.74) is 2.53. The minimum absolute atomic E-state index is 0.00739. The zero-order valence-corrected chi connectivity index (χ0v) is 15.4. The number of nitrogens with zero attached hydrogens (tertiary/aromatic N) is 2. The average Bonchev–Trinajstić information content (AvgIpc) is 2.70. The van der Waals surface area contributed by atoms with Gasteiger partial charge in [0, 0.05) is 50.4 Å². The van der Waals surface area contributed by atoms with Gasteiger partial charge in [0.15, 0.2) is 0 Å². The number of para-hydroxylation sites is 1. The number of rotatable bonds is 5.